The molecule has 0 aliphatic rings. The third kappa shape index (κ3) is 2.81. The van der Waals surface area contributed by atoms with Crippen molar-refractivity contribution in [3.8, 4) is 5.75 Å². The fraction of sp³-hybridized carbons (Fsp3) is 0.182. The fourth-order valence-corrected chi connectivity index (χ4v) is 1.26. The molecule has 0 radical (unpaired) electrons. The Hall–Kier alpha value is -2.37. The number of carbonyl (C=O) groups is 3. The van der Waals surface area contributed by atoms with Crippen LogP contribution in [0.5, 0.6) is 5.75 Å². The first kappa shape index (κ1) is 12.7. The number of carboxylic acid groups (broad SMARTS) is 1. The van der Waals surface area contributed by atoms with E-state index in [1.165, 1.54) is 18.2 Å². The molecular weight excluding hydrogens is 228 g/mol. The lowest BCUT2D eigenvalue weighted by Crippen LogP contribution is -2.14. The zero-order chi connectivity index (χ0) is 13.0. The maximum absolute atomic E-state index is 11.5. The molecule has 0 unspecified atom stereocenters. The average Bonchev–Trinajstić information content (AvgIpc) is 2.26. The molecule has 0 amide bonds. The molecule has 0 heterocycles. The molecule has 0 atom stereocenters. The summed E-state index contributed by atoms with van der Waals surface area (Å²) >= 11 is 0. The molecule has 0 spiro atoms. The Morgan fingerprint density at radius 1 is 1.24 bits per heavy atom. The van der Waals surface area contributed by atoms with Gasteiger partial charge in [0.2, 0.25) is 0 Å². The topological polar surface area (TPSA) is 89.9 Å². The Balaban J connectivity index is 3.39. The minimum atomic E-state index is -1.31. The number of rotatable bonds is 3. The zero-order valence-corrected chi connectivity index (χ0v) is 9.22. The summed E-state index contributed by atoms with van der Waals surface area (Å²) in [6.07, 6.45) is 0. The highest BCUT2D eigenvalue weighted by Crippen LogP contribution is 2.23. The second-order valence-electron chi connectivity index (χ2n) is 3.07. The summed E-state index contributed by atoms with van der Waals surface area (Å²) in [7, 11) is 1.11. The minimum absolute atomic E-state index is 0.135. The largest absolute Gasteiger partial charge is 0.478 e. The maximum Gasteiger partial charge on any atom is 0.342 e. The molecule has 0 saturated carbocycles. The van der Waals surface area contributed by atoms with E-state index in [9.17, 15) is 14.4 Å². The molecule has 0 bridgehead atoms. The van der Waals surface area contributed by atoms with Crippen molar-refractivity contribution in [2.45, 2.75) is 6.92 Å². The van der Waals surface area contributed by atoms with E-state index in [-0.39, 0.29) is 16.9 Å². The van der Waals surface area contributed by atoms with E-state index in [0.29, 0.717) is 0 Å². The molecular formula is C11H10O6. The van der Waals surface area contributed by atoms with E-state index in [4.69, 9.17) is 9.84 Å². The lowest BCUT2D eigenvalue weighted by molar-refractivity contribution is -0.131. The zero-order valence-electron chi connectivity index (χ0n) is 9.22. The fourth-order valence-electron chi connectivity index (χ4n) is 1.26. The van der Waals surface area contributed by atoms with E-state index in [2.05, 4.69) is 4.74 Å². The molecule has 1 rings (SSSR count). The number of benzene rings is 1. The molecule has 6 nitrogen and oxygen atoms in total. The van der Waals surface area contributed by atoms with Gasteiger partial charge in [-0.15, -0.1) is 0 Å². The molecule has 0 fully saturated rings. The predicted octanol–water partition coefficient (Wildman–Crippen LogP) is 1.10. The lowest BCUT2D eigenvalue weighted by Gasteiger charge is -2.09. The van der Waals surface area contributed by atoms with E-state index in [1.54, 1.807) is 0 Å². The molecule has 1 aromatic carbocycles. The minimum Gasteiger partial charge on any atom is -0.478 e. The molecule has 0 aliphatic carbocycles. The Bertz CT molecular complexity index is 477. The van der Waals surface area contributed by atoms with Gasteiger partial charge in [0.25, 0.3) is 0 Å². The standard InChI is InChI=1S/C11H10O6/c1-6(12)17-8-5-3-4-7(10(13)14)9(8)11(15)16-2/h3-5H,1-2H3,(H,13,14). The quantitative estimate of drug-likeness (QED) is 0.626. The Morgan fingerprint density at radius 3 is 2.35 bits per heavy atom. The van der Waals surface area contributed by atoms with Gasteiger partial charge in [-0.1, -0.05) is 6.07 Å². The van der Waals surface area contributed by atoms with Gasteiger partial charge < -0.3 is 14.6 Å². The summed E-state index contributed by atoms with van der Waals surface area (Å²) in [4.78, 5) is 33.2. The van der Waals surface area contributed by atoms with Gasteiger partial charge in [0.1, 0.15) is 11.3 Å². The summed E-state index contributed by atoms with van der Waals surface area (Å²) in [5.41, 5.74) is -0.562. The van der Waals surface area contributed by atoms with Crippen LogP contribution in [-0.4, -0.2) is 30.1 Å². The van der Waals surface area contributed by atoms with Crippen molar-refractivity contribution in [3.05, 3.63) is 29.3 Å². The van der Waals surface area contributed by atoms with Crippen molar-refractivity contribution < 1.29 is 29.0 Å². The third-order valence-electron chi connectivity index (χ3n) is 1.90. The number of carbonyl (C=O) groups excluding carboxylic acids is 2. The number of aromatic carboxylic acids is 1. The second kappa shape index (κ2) is 5.11. The molecule has 1 N–H and O–H groups in total. The van der Waals surface area contributed by atoms with Crippen LogP contribution in [0.15, 0.2) is 18.2 Å². The monoisotopic (exact) mass is 238 g/mol. The van der Waals surface area contributed by atoms with Crippen molar-refractivity contribution in [3.63, 3.8) is 0 Å². The number of methoxy groups -OCH3 is 1. The van der Waals surface area contributed by atoms with Crippen molar-refractivity contribution >= 4 is 17.9 Å². The summed E-state index contributed by atoms with van der Waals surface area (Å²) in [6.45, 7) is 1.15. The highest BCUT2D eigenvalue weighted by Gasteiger charge is 2.22. The molecule has 0 aromatic heterocycles. The lowest BCUT2D eigenvalue weighted by atomic mass is 10.1. The van der Waals surface area contributed by atoms with Gasteiger partial charge in [-0.3, -0.25) is 4.79 Å². The first-order chi connectivity index (χ1) is 7.97. The van der Waals surface area contributed by atoms with Crippen molar-refractivity contribution in [1.82, 2.24) is 0 Å². The van der Waals surface area contributed by atoms with Gasteiger partial charge >= 0.3 is 17.9 Å². The summed E-state index contributed by atoms with van der Waals surface area (Å²) in [5, 5.41) is 8.92. The van der Waals surface area contributed by atoms with Crippen LogP contribution in [0, 0.1) is 0 Å². The summed E-state index contributed by atoms with van der Waals surface area (Å²) < 4.78 is 9.21. The van der Waals surface area contributed by atoms with Crippen LogP contribution in [-0.2, 0) is 9.53 Å². The van der Waals surface area contributed by atoms with E-state index >= 15 is 0 Å². The van der Waals surface area contributed by atoms with Gasteiger partial charge in [0.05, 0.1) is 12.7 Å². The van der Waals surface area contributed by atoms with Crippen LogP contribution in [0.1, 0.15) is 27.6 Å². The average molecular weight is 238 g/mol. The maximum atomic E-state index is 11.5. The summed E-state index contributed by atoms with van der Waals surface area (Å²) in [5.74, 6) is -2.97. The van der Waals surface area contributed by atoms with E-state index in [1.807, 2.05) is 0 Å². The van der Waals surface area contributed by atoms with Crippen LogP contribution >= 0.6 is 0 Å². The third-order valence-corrected chi connectivity index (χ3v) is 1.90. The second-order valence-corrected chi connectivity index (χ2v) is 3.07. The van der Waals surface area contributed by atoms with Crippen LogP contribution in [0.2, 0.25) is 0 Å². The number of ether oxygens (including phenoxy) is 2. The van der Waals surface area contributed by atoms with Gasteiger partial charge in [-0.05, 0) is 12.1 Å². The van der Waals surface area contributed by atoms with Crippen LogP contribution in [0.3, 0.4) is 0 Å². The van der Waals surface area contributed by atoms with Crippen molar-refractivity contribution in [2.75, 3.05) is 7.11 Å². The SMILES string of the molecule is COC(=O)c1c(OC(C)=O)cccc1C(=O)O. The first-order valence-electron chi connectivity index (χ1n) is 4.60. The number of hydrogen-bond donors (Lipinski definition) is 1. The first-order valence-corrected chi connectivity index (χ1v) is 4.60. The van der Waals surface area contributed by atoms with E-state index in [0.717, 1.165) is 14.0 Å². The van der Waals surface area contributed by atoms with Crippen LogP contribution < -0.4 is 4.74 Å². The smallest absolute Gasteiger partial charge is 0.342 e. The van der Waals surface area contributed by atoms with Crippen molar-refractivity contribution in [2.24, 2.45) is 0 Å². The molecule has 17 heavy (non-hydrogen) atoms. The number of carboxylic acids is 1. The molecule has 0 saturated heterocycles. The highest BCUT2D eigenvalue weighted by atomic mass is 16.5. The Labute approximate surface area is 96.8 Å². The van der Waals surface area contributed by atoms with Gasteiger partial charge in [-0.25, -0.2) is 9.59 Å². The number of esters is 2. The Morgan fingerprint density at radius 2 is 1.88 bits per heavy atom. The van der Waals surface area contributed by atoms with Gasteiger partial charge in [0.15, 0.2) is 0 Å². The highest BCUT2D eigenvalue weighted by molar-refractivity contribution is 6.04. The normalized spacial score (nSPS) is 9.53. The molecule has 6 heteroatoms. The van der Waals surface area contributed by atoms with Crippen molar-refractivity contribution in [1.29, 1.82) is 0 Å². The Kier molecular flexibility index (Phi) is 3.82. The van der Waals surface area contributed by atoms with Crippen LogP contribution in [0.25, 0.3) is 0 Å². The molecule has 90 valence electrons. The predicted molar refractivity (Wildman–Crippen MR) is 56.0 cm³/mol. The number of hydrogen-bond acceptors (Lipinski definition) is 5. The summed E-state index contributed by atoms with van der Waals surface area (Å²) in [6, 6.07) is 3.91. The van der Waals surface area contributed by atoms with Gasteiger partial charge in [0, 0.05) is 6.92 Å². The van der Waals surface area contributed by atoms with E-state index < -0.39 is 17.9 Å². The van der Waals surface area contributed by atoms with Crippen LogP contribution in [0.4, 0.5) is 0 Å². The van der Waals surface area contributed by atoms with Gasteiger partial charge in [-0.2, -0.15) is 0 Å². The molecule has 1 aromatic rings. The molecule has 0 aliphatic heterocycles.